The summed E-state index contributed by atoms with van der Waals surface area (Å²) < 4.78 is 5.52. The molecule has 0 N–H and O–H groups in total. The first kappa shape index (κ1) is 15.1. The van der Waals surface area contributed by atoms with Crippen molar-refractivity contribution in [2.75, 3.05) is 0 Å². The molecule has 3 nitrogen and oxygen atoms in total. The molecule has 0 spiro atoms. The Morgan fingerprint density at radius 2 is 1.20 bits per heavy atom. The first-order valence-corrected chi connectivity index (χ1v) is 8.05. The molecule has 0 aliphatic heterocycles. The fourth-order valence-electron chi connectivity index (χ4n) is 2.83. The second-order valence-corrected chi connectivity index (χ2v) is 5.66. The van der Waals surface area contributed by atoms with E-state index in [1.807, 2.05) is 78.9 Å². The lowest BCUT2D eigenvalue weighted by molar-refractivity contribution is 0.100. The number of benzene rings is 3. The smallest absolute Gasteiger partial charge is 0.231 e. The fraction of sp³-hybridized carbons (Fsp3) is 0. The van der Waals surface area contributed by atoms with Gasteiger partial charge >= 0.3 is 0 Å². The van der Waals surface area contributed by atoms with Gasteiger partial charge in [0.2, 0.25) is 11.5 Å². The van der Waals surface area contributed by atoms with Crippen LogP contribution < -0.4 is 0 Å². The maximum absolute atomic E-state index is 13.0. The van der Waals surface area contributed by atoms with Gasteiger partial charge in [0.15, 0.2) is 0 Å². The Hall–Kier alpha value is -3.46. The van der Waals surface area contributed by atoms with Crippen LogP contribution in [-0.2, 0) is 0 Å². The molecule has 3 aromatic carbocycles. The van der Waals surface area contributed by atoms with Gasteiger partial charge in [0.1, 0.15) is 5.69 Å². The van der Waals surface area contributed by atoms with E-state index in [0.29, 0.717) is 11.3 Å². The van der Waals surface area contributed by atoms with Crippen molar-refractivity contribution in [3.05, 3.63) is 102 Å². The number of hydrogen-bond donors (Lipinski definition) is 0. The summed E-state index contributed by atoms with van der Waals surface area (Å²) in [6.07, 6.45) is 0. The van der Waals surface area contributed by atoms with Crippen molar-refractivity contribution in [1.82, 2.24) is 5.16 Å². The summed E-state index contributed by atoms with van der Waals surface area (Å²) in [5.41, 5.74) is 3.79. The maximum Gasteiger partial charge on any atom is 0.231 e. The van der Waals surface area contributed by atoms with Crippen LogP contribution in [0.15, 0.2) is 95.5 Å². The molecule has 0 fully saturated rings. The quantitative estimate of drug-likeness (QED) is 0.482. The van der Waals surface area contributed by atoms with Crippen molar-refractivity contribution in [2.45, 2.75) is 0 Å². The number of hydrogen-bond acceptors (Lipinski definition) is 3. The van der Waals surface area contributed by atoms with Gasteiger partial charge < -0.3 is 4.52 Å². The molecule has 0 aliphatic carbocycles. The average molecular weight is 325 g/mol. The summed E-state index contributed by atoms with van der Waals surface area (Å²) in [5.74, 6) is 0.0883. The number of carbonyl (C=O) groups is 1. The van der Waals surface area contributed by atoms with Crippen LogP contribution in [0.2, 0.25) is 0 Å². The molecule has 0 saturated heterocycles. The molecule has 4 rings (SSSR count). The average Bonchev–Trinajstić information content (AvgIpc) is 3.14. The van der Waals surface area contributed by atoms with Crippen LogP contribution in [-0.4, -0.2) is 10.9 Å². The highest BCUT2D eigenvalue weighted by atomic mass is 16.5. The largest absolute Gasteiger partial charge is 0.351 e. The Balaban J connectivity index is 1.91. The number of nitrogens with zero attached hydrogens (tertiary/aromatic N) is 1. The third kappa shape index (κ3) is 2.88. The molecule has 1 heterocycles. The summed E-state index contributed by atoms with van der Waals surface area (Å²) in [5, 5.41) is 4.21. The third-order valence-corrected chi connectivity index (χ3v) is 4.04. The molecule has 4 aromatic rings. The molecule has 0 bridgehead atoms. The van der Waals surface area contributed by atoms with Gasteiger partial charge in [0, 0.05) is 11.1 Å². The summed E-state index contributed by atoms with van der Waals surface area (Å²) in [6.45, 7) is 0. The topological polar surface area (TPSA) is 43.1 Å². The molecule has 0 saturated carbocycles. The van der Waals surface area contributed by atoms with Crippen molar-refractivity contribution in [3.8, 4) is 22.4 Å². The van der Waals surface area contributed by atoms with Crippen LogP contribution in [0.3, 0.4) is 0 Å². The number of carbonyl (C=O) groups excluding carboxylic acids is 1. The lowest BCUT2D eigenvalue weighted by atomic mass is 9.96. The van der Waals surface area contributed by atoms with E-state index >= 15 is 0 Å². The monoisotopic (exact) mass is 325 g/mol. The summed E-state index contributed by atoms with van der Waals surface area (Å²) in [4.78, 5) is 13.0. The molecule has 0 amide bonds. The van der Waals surface area contributed by atoms with Gasteiger partial charge in [-0.05, 0) is 5.56 Å². The van der Waals surface area contributed by atoms with Gasteiger partial charge in [-0.1, -0.05) is 96.2 Å². The van der Waals surface area contributed by atoms with Crippen LogP contribution in [0, 0.1) is 0 Å². The van der Waals surface area contributed by atoms with E-state index in [-0.39, 0.29) is 11.5 Å². The van der Waals surface area contributed by atoms with Crippen LogP contribution >= 0.6 is 0 Å². The van der Waals surface area contributed by atoms with Gasteiger partial charge in [-0.15, -0.1) is 0 Å². The minimum atomic E-state index is -0.172. The van der Waals surface area contributed by atoms with E-state index < -0.39 is 0 Å². The third-order valence-electron chi connectivity index (χ3n) is 4.04. The Labute approximate surface area is 145 Å². The highest BCUT2D eigenvalue weighted by molar-refractivity contribution is 6.12. The van der Waals surface area contributed by atoms with E-state index in [0.717, 1.165) is 16.7 Å². The number of aromatic nitrogens is 1. The van der Waals surface area contributed by atoms with E-state index in [1.54, 1.807) is 12.1 Å². The molecule has 0 atom stereocenters. The molecule has 1 aromatic heterocycles. The van der Waals surface area contributed by atoms with Crippen LogP contribution in [0.1, 0.15) is 16.1 Å². The fourth-order valence-corrected chi connectivity index (χ4v) is 2.83. The minimum Gasteiger partial charge on any atom is -0.351 e. The lowest BCUT2D eigenvalue weighted by Crippen LogP contribution is -2.01. The normalized spacial score (nSPS) is 10.6. The molecule has 25 heavy (non-hydrogen) atoms. The lowest BCUT2D eigenvalue weighted by Gasteiger charge is -2.04. The van der Waals surface area contributed by atoms with Gasteiger partial charge in [0.05, 0.1) is 5.56 Å². The molecule has 0 radical (unpaired) electrons. The van der Waals surface area contributed by atoms with Crippen molar-refractivity contribution in [3.63, 3.8) is 0 Å². The Morgan fingerprint density at radius 3 is 1.80 bits per heavy atom. The first-order chi connectivity index (χ1) is 12.3. The highest BCUT2D eigenvalue weighted by Gasteiger charge is 2.25. The Bertz CT molecular complexity index is 990. The predicted octanol–water partition coefficient (Wildman–Crippen LogP) is 5.24. The summed E-state index contributed by atoms with van der Waals surface area (Å²) in [7, 11) is 0. The van der Waals surface area contributed by atoms with Gasteiger partial charge in [-0.25, -0.2) is 0 Å². The van der Waals surface area contributed by atoms with Gasteiger partial charge in [-0.3, -0.25) is 4.79 Å². The zero-order chi connectivity index (χ0) is 17.1. The van der Waals surface area contributed by atoms with E-state index in [2.05, 4.69) is 5.16 Å². The van der Waals surface area contributed by atoms with E-state index in [9.17, 15) is 4.79 Å². The second-order valence-electron chi connectivity index (χ2n) is 5.66. The standard InChI is InChI=1S/C22H15NO2/c24-21(18-14-8-3-9-15-18)22-19(16-10-4-1-5-11-16)20(23-25-22)17-12-6-2-7-13-17/h1-15H. The zero-order valence-corrected chi connectivity index (χ0v) is 13.4. The summed E-state index contributed by atoms with van der Waals surface area (Å²) >= 11 is 0. The van der Waals surface area contributed by atoms with Crippen molar-refractivity contribution >= 4 is 5.78 Å². The number of rotatable bonds is 4. The van der Waals surface area contributed by atoms with E-state index in [4.69, 9.17) is 4.52 Å². The molecule has 0 aliphatic rings. The van der Waals surface area contributed by atoms with Crippen LogP contribution in [0.5, 0.6) is 0 Å². The Morgan fingerprint density at radius 1 is 0.680 bits per heavy atom. The Kier molecular flexibility index (Phi) is 3.97. The molecule has 120 valence electrons. The van der Waals surface area contributed by atoms with Crippen molar-refractivity contribution in [2.24, 2.45) is 0 Å². The molecular weight excluding hydrogens is 310 g/mol. The van der Waals surface area contributed by atoms with Gasteiger partial charge in [0.25, 0.3) is 0 Å². The SMILES string of the molecule is O=C(c1ccccc1)c1onc(-c2ccccc2)c1-c1ccccc1. The molecule has 0 unspecified atom stereocenters. The minimum absolute atomic E-state index is 0.172. The second kappa shape index (κ2) is 6.57. The van der Waals surface area contributed by atoms with Crippen LogP contribution in [0.4, 0.5) is 0 Å². The number of ketones is 1. The maximum atomic E-state index is 13.0. The molecule has 3 heteroatoms. The van der Waals surface area contributed by atoms with Gasteiger partial charge in [-0.2, -0.15) is 0 Å². The highest BCUT2D eigenvalue weighted by Crippen LogP contribution is 2.35. The zero-order valence-electron chi connectivity index (χ0n) is 13.4. The molecular formula is C22H15NO2. The van der Waals surface area contributed by atoms with Crippen molar-refractivity contribution < 1.29 is 9.32 Å². The predicted molar refractivity (Wildman–Crippen MR) is 97.2 cm³/mol. The van der Waals surface area contributed by atoms with Crippen molar-refractivity contribution in [1.29, 1.82) is 0 Å². The first-order valence-electron chi connectivity index (χ1n) is 8.05. The van der Waals surface area contributed by atoms with E-state index in [1.165, 1.54) is 0 Å². The summed E-state index contributed by atoms with van der Waals surface area (Å²) in [6, 6.07) is 28.6. The van der Waals surface area contributed by atoms with Crippen LogP contribution in [0.25, 0.3) is 22.4 Å².